The van der Waals surface area contributed by atoms with E-state index in [1.165, 1.54) is 12.1 Å². The average Bonchev–Trinajstić information content (AvgIpc) is 3.89. The molecule has 0 radical (unpaired) electrons. The lowest BCUT2D eigenvalue weighted by Crippen LogP contribution is -2.57. The van der Waals surface area contributed by atoms with Crippen molar-refractivity contribution in [1.82, 2.24) is 0 Å². The summed E-state index contributed by atoms with van der Waals surface area (Å²) < 4.78 is 82.4. The third-order valence-electron chi connectivity index (χ3n) is 11.0. The molecule has 3 heterocycles. The molecule has 0 fully saturated rings. The number of alkyl halides is 3. The van der Waals surface area contributed by atoms with E-state index in [0.29, 0.717) is 40.2 Å². The van der Waals surface area contributed by atoms with Crippen molar-refractivity contribution in [2.24, 2.45) is 0 Å². The Hall–Kier alpha value is -5.32. The van der Waals surface area contributed by atoms with Crippen molar-refractivity contribution in [3.8, 4) is 34.5 Å². The second-order valence-electron chi connectivity index (χ2n) is 18.4. The summed E-state index contributed by atoms with van der Waals surface area (Å²) in [5, 5.41) is 0. The summed E-state index contributed by atoms with van der Waals surface area (Å²) in [6.07, 6.45) is -4.54. The van der Waals surface area contributed by atoms with E-state index in [1.807, 2.05) is 89.7 Å². The number of rotatable bonds is 7. The van der Waals surface area contributed by atoms with Crippen molar-refractivity contribution >= 4 is 27.2 Å². The number of anilines is 1. The number of fused-ring (bicyclic) bond motifs is 3. The van der Waals surface area contributed by atoms with Gasteiger partial charge in [0.1, 0.15) is 40.2 Å². The maximum atomic E-state index is 14.0. The van der Waals surface area contributed by atoms with Crippen LogP contribution in [0.25, 0.3) is 0 Å². The highest BCUT2D eigenvalue weighted by Crippen LogP contribution is 2.51. The van der Waals surface area contributed by atoms with Crippen LogP contribution >= 0.6 is 0 Å². The molecule has 0 amide bonds. The Kier molecular flexibility index (Phi) is 9.68. The zero-order valence-corrected chi connectivity index (χ0v) is 34.3. The summed E-state index contributed by atoms with van der Waals surface area (Å²) in [5.74, 6) is 3.26. The van der Waals surface area contributed by atoms with Gasteiger partial charge in [-0.2, -0.15) is 13.2 Å². The quantitative estimate of drug-likeness (QED) is 0.152. The van der Waals surface area contributed by atoms with Crippen LogP contribution < -0.4 is 32.7 Å². The highest BCUT2D eigenvalue weighted by molar-refractivity contribution is 6.71. The van der Waals surface area contributed by atoms with Crippen molar-refractivity contribution < 1.29 is 41.1 Å². The largest absolute Gasteiger partial charge is 0.739 e. The van der Waals surface area contributed by atoms with E-state index in [4.69, 9.17) is 27.9 Å². The number of hydrogen-bond donors (Lipinski definition) is 0. The van der Waals surface area contributed by atoms with Crippen LogP contribution in [0.2, 0.25) is 5.72 Å². The van der Waals surface area contributed by atoms with E-state index in [2.05, 4.69) is 62.3 Å². The summed E-state index contributed by atoms with van der Waals surface area (Å²) in [5.41, 5.74) is 2.23. The van der Waals surface area contributed by atoms with E-state index in [0.717, 1.165) is 34.4 Å². The molecule has 58 heavy (non-hydrogen) atoms. The van der Waals surface area contributed by atoms with E-state index in [-0.39, 0.29) is 16.2 Å². The summed E-state index contributed by atoms with van der Waals surface area (Å²) >= 11 is 0. The van der Waals surface area contributed by atoms with Crippen LogP contribution in [0.5, 0.6) is 34.5 Å². The van der Waals surface area contributed by atoms with Gasteiger partial charge in [0, 0.05) is 5.69 Å². The second-order valence-corrected chi connectivity index (χ2v) is 18.4. The molecule has 0 saturated carbocycles. The van der Waals surface area contributed by atoms with E-state index >= 15 is 0 Å². The van der Waals surface area contributed by atoms with E-state index < -0.39 is 45.0 Å². The Morgan fingerprint density at radius 3 is 1.26 bits per heavy atom. The molecule has 7 nitrogen and oxygen atoms in total. The molecule has 13 heteroatoms. The highest BCUT2D eigenvalue weighted by atomic mass is 19.4. The lowest BCUT2D eigenvalue weighted by molar-refractivity contribution is -0.137. The summed E-state index contributed by atoms with van der Waals surface area (Å²) in [6, 6.07) is 31.5. The van der Waals surface area contributed by atoms with Gasteiger partial charge in [0.2, 0.25) is 0 Å². The van der Waals surface area contributed by atoms with Gasteiger partial charge in [0.05, 0.1) is 11.6 Å². The molecule has 3 aliphatic rings. The van der Waals surface area contributed by atoms with Crippen LogP contribution in [0.3, 0.4) is 0 Å². The van der Waals surface area contributed by atoms with Crippen molar-refractivity contribution in [3.63, 3.8) is 0 Å². The molecule has 298 valence electrons. The standard InChI is InChI=1S/C45H47B3F3NO6/c1-42(2,3)30-17-22-34-37(25-30)55-46(53-34)41(47-54-35-23-18-31(43(4,5)6)26-38(35)56-47)40(28-13-11-10-12-14-28)52(33-20-15-29(16-21-33)45(49,50)51)48-57-36-24-19-32(44(7,8)9)27-39(36)58-48/h10-27,40-41H,1-9H3. The first-order chi connectivity index (χ1) is 27.2. The molecule has 0 aliphatic carbocycles. The molecule has 5 aromatic carbocycles. The van der Waals surface area contributed by atoms with Crippen molar-refractivity contribution in [2.45, 2.75) is 96.5 Å². The monoisotopic (exact) mass is 787 g/mol. The van der Waals surface area contributed by atoms with Crippen LogP contribution in [0.1, 0.15) is 96.2 Å². The maximum absolute atomic E-state index is 14.0. The predicted molar refractivity (Wildman–Crippen MR) is 223 cm³/mol. The number of halogens is 3. The van der Waals surface area contributed by atoms with Crippen LogP contribution in [0.15, 0.2) is 109 Å². The first-order valence-electron chi connectivity index (χ1n) is 19.7. The van der Waals surface area contributed by atoms with E-state index in [1.54, 1.807) is 0 Å². The Balaban J connectivity index is 1.29. The molecule has 0 bridgehead atoms. The smallest absolute Gasteiger partial charge is 0.523 e. The number of nitrogens with zero attached hydrogens (tertiary/aromatic N) is 1. The zero-order valence-electron chi connectivity index (χ0n) is 34.3. The second kappa shape index (κ2) is 14.2. The molecule has 0 spiro atoms. The normalized spacial score (nSPS) is 15.4. The minimum Gasteiger partial charge on any atom is -0.523 e. The first kappa shape index (κ1) is 39.5. The molecule has 8 rings (SSSR count). The fourth-order valence-electron chi connectivity index (χ4n) is 7.59. The summed E-state index contributed by atoms with van der Waals surface area (Å²) in [7, 11) is -3.13. The topological polar surface area (TPSA) is 58.6 Å². The van der Waals surface area contributed by atoms with Crippen LogP contribution in [0.4, 0.5) is 18.9 Å². The van der Waals surface area contributed by atoms with Gasteiger partial charge in [-0.25, -0.2) is 0 Å². The molecule has 0 saturated heterocycles. The SMILES string of the molecule is CC(C)(C)c1ccc2c(c1)OB(C(B1Oc3ccc(C(C)(C)C)cc3O1)C(c1ccccc1)N(B1Oc3ccc(C(C)(C)C)cc3O1)c1ccc(C(F)(F)F)cc1)O2. The van der Waals surface area contributed by atoms with Crippen LogP contribution in [-0.4, -0.2) is 21.5 Å². The number of benzene rings is 5. The van der Waals surface area contributed by atoms with Gasteiger partial charge >= 0.3 is 27.7 Å². The molecule has 1 unspecified atom stereocenters. The molecular formula is C45H47B3F3NO6. The Labute approximate surface area is 340 Å². The third-order valence-corrected chi connectivity index (χ3v) is 11.0. The zero-order chi connectivity index (χ0) is 41.4. The molecule has 1 atom stereocenters. The highest BCUT2D eigenvalue weighted by Gasteiger charge is 2.61. The van der Waals surface area contributed by atoms with E-state index in [9.17, 15) is 13.2 Å². The molecule has 0 N–H and O–H groups in total. The van der Waals surface area contributed by atoms with Crippen molar-refractivity contribution in [3.05, 3.63) is 137 Å². The van der Waals surface area contributed by atoms with Gasteiger partial charge in [-0.15, -0.1) is 0 Å². The third kappa shape index (κ3) is 7.67. The lowest BCUT2D eigenvalue weighted by Gasteiger charge is -2.38. The fourth-order valence-corrected chi connectivity index (χ4v) is 7.59. The van der Waals surface area contributed by atoms with Gasteiger partial charge in [0.25, 0.3) is 0 Å². The minimum atomic E-state index is -4.54. The van der Waals surface area contributed by atoms with Gasteiger partial charge in [-0.3, -0.25) is 0 Å². The molecule has 5 aromatic rings. The van der Waals surface area contributed by atoms with Crippen molar-refractivity contribution in [1.29, 1.82) is 0 Å². The van der Waals surface area contributed by atoms with Crippen molar-refractivity contribution in [2.75, 3.05) is 4.81 Å². The average molecular weight is 787 g/mol. The first-order valence-corrected chi connectivity index (χ1v) is 19.7. The molecular weight excluding hydrogens is 740 g/mol. The summed E-state index contributed by atoms with van der Waals surface area (Å²) in [4.78, 5) is 1.84. The lowest BCUT2D eigenvalue weighted by atomic mass is 9.47. The summed E-state index contributed by atoms with van der Waals surface area (Å²) in [6.45, 7) is 19.1. The fraction of sp³-hybridized carbons (Fsp3) is 0.333. The van der Waals surface area contributed by atoms with Crippen LogP contribution in [-0.2, 0) is 22.4 Å². The Morgan fingerprint density at radius 2 is 0.828 bits per heavy atom. The Bertz CT molecular complexity index is 2230. The van der Waals surface area contributed by atoms with Crippen LogP contribution in [0, 0.1) is 0 Å². The Morgan fingerprint density at radius 1 is 0.448 bits per heavy atom. The molecule has 3 aliphatic heterocycles. The van der Waals surface area contributed by atoms with Gasteiger partial charge in [0.15, 0.2) is 0 Å². The van der Waals surface area contributed by atoms with Gasteiger partial charge in [-0.1, -0.05) is 111 Å². The van der Waals surface area contributed by atoms with Gasteiger partial charge < -0.3 is 32.7 Å². The number of hydrogen-bond acceptors (Lipinski definition) is 7. The molecule has 0 aromatic heterocycles. The predicted octanol–water partition coefficient (Wildman–Crippen LogP) is 11.4. The minimum absolute atomic E-state index is 0.162. The maximum Gasteiger partial charge on any atom is 0.739 e. The van der Waals surface area contributed by atoms with Gasteiger partial charge in [-0.05, 0) is 99.2 Å².